The van der Waals surface area contributed by atoms with Crippen molar-refractivity contribution in [2.45, 2.75) is 12.5 Å². The fourth-order valence-electron chi connectivity index (χ4n) is 4.01. The zero-order valence-corrected chi connectivity index (χ0v) is 17.9. The topological polar surface area (TPSA) is 73.0 Å². The summed E-state index contributed by atoms with van der Waals surface area (Å²) in [4.78, 5) is 43.2. The van der Waals surface area contributed by atoms with Crippen molar-refractivity contribution in [3.05, 3.63) is 65.2 Å². The fraction of sp³-hybridized carbons (Fsp3) is 0.348. The lowest BCUT2D eigenvalue weighted by molar-refractivity contribution is -0.139. The van der Waals surface area contributed by atoms with Crippen LogP contribution in [0.2, 0.25) is 5.02 Å². The maximum atomic E-state index is 12.7. The first-order valence-electron chi connectivity index (χ1n) is 10.4. The van der Waals surface area contributed by atoms with E-state index in [4.69, 9.17) is 11.6 Å². The number of imide groups is 1. The zero-order valence-electron chi connectivity index (χ0n) is 17.2. The molecule has 2 aromatic rings. The van der Waals surface area contributed by atoms with Crippen LogP contribution in [0.1, 0.15) is 16.8 Å². The van der Waals surface area contributed by atoms with Crippen LogP contribution in [0.4, 0.5) is 5.69 Å². The first-order chi connectivity index (χ1) is 15.0. The highest BCUT2D eigenvalue weighted by molar-refractivity contribution is 6.30. The van der Waals surface area contributed by atoms with Crippen molar-refractivity contribution < 1.29 is 14.4 Å². The molecule has 0 aromatic heterocycles. The molecule has 31 heavy (non-hydrogen) atoms. The summed E-state index contributed by atoms with van der Waals surface area (Å²) in [6.07, 6.45) is 0.0138. The summed E-state index contributed by atoms with van der Waals surface area (Å²) < 4.78 is 0. The molecular formula is C23H25ClN4O3. The second kappa shape index (κ2) is 9.49. The summed E-state index contributed by atoms with van der Waals surface area (Å²) >= 11 is 6.09. The number of likely N-dealkylation sites (tertiary alicyclic amines) is 1. The SMILES string of the molecule is O=C(N[C@H]1CC(=O)N(CCN2CCN(c3cccc(Cl)c3)CC2)C1=O)c1ccccc1. The Morgan fingerprint density at radius 2 is 1.71 bits per heavy atom. The minimum Gasteiger partial charge on any atom is -0.369 e. The van der Waals surface area contributed by atoms with Gasteiger partial charge in [0.1, 0.15) is 6.04 Å². The van der Waals surface area contributed by atoms with Crippen molar-refractivity contribution in [3.8, 4) is 0 Å². The van der Waals surface area contributed by atoms with E-state index in [0.29, 0.717) is 18.7 Å². The molecule has 2 aliphatic rings. The van der Waals surface area contributed by atoms with E-state index in [2.05, 4.69) is 15.1 Å². The van der Waals surface area contributed by atoms with E-state index in [1.165, 1.54) is 4.90 Å². The molecule has 2 aliphatic heterocycles. The Hall–Kier alpha value is -2.90. The number of halogens is 1. The second-order valence-electron chi connectivity index (χ2n) is 7.79. The molecule has 0 saturated carbocycles. The van der Waals surface area contributed by atoms with E-state index in [-0.39, 0.29) is 24.1 Å². The van der Waals surface area contributed by atoms with Crippen LogP contribution in [0.3, 0.4) is 0 Å². The Balaban J connectivity index is 1.26. The minimum absolute atomic E-state index is 0.0138. The molecular weight excluding hydrogens is 416 g/mol. The van der Waals surface area contributed by atoms with Gasteiger partial charge in [-0.25, -0.2) is 0 Å². The molecule has 8 heteroatoms. The van der Waals surface area contributed by atoms with Crippen LogP contribution in [0, 0.1) is 0 Å². The maximum Gasteiger partial charge on any atom is 0.252 e. The van der Waals surface area contributed by atoms with Gasteiger partial charge in [-0.15, -0.1) is 0 Å². The second-order valence-corrected chi connectivity index (χ2v) is 8.22. The Morgan fingerprint density at radius 1 is 0.968 bits per heavy atom. The molecule has 2 fully saturated rings. The number of carbonyl (C=O) groups excluding carboxylic acids is 3. The third-order valence-corrected chi connectivity index (χ3v) is 6.01. The van der Waals surface area contributed by atoms with Crippen molar-refractivity contribution in [3.63, 3.8) is 0 Å². The number of benzene rings is 2. The fourth-order valence-corrected chi connectivity index (χ4v) is 4.19. The van der Waals surface area contributed by atoms with Gasteiger partial charge in [0.05, 0.1) is 6.42 Å². The predicted octanol–water partition coefficient (Wildman–Crippen LogP) is 2.02. The summed E-state index contributed by atoms with van der Waals surface area (Å²) in [5.41, 5.74) is 1.58. The Morgan fingerprint density at radius 3 is 2.42 bits per heavy atom. The number of carbonyl (C=O) groups is 3. The van der Waals surface area contributed by atoms with Crippen LogP contribution in [-0.2, 0) is 9.59 Å². The molecule has 1 N–H and O–H groups in total. The van der Waals surface area contributed by atoms with E-state index in [0.717, 1.165) is 36.9 Å². The number of piperazine rings is 1. The lowest BCUT2D eigenvalue weighted by Gasteiger charge is -2.36. The summed E-state index contributed by atoms with van der Waals surface area (Å²) in [5, 5.41) is 3.41. The third kappa shape index (κ3) is 5.06. The molecule has 2 saturated heterocycles. The van der Waals surface area contributed by atoms with Gasteiger partial charge in [0.25, 0.3) is 11.8 Å². The summed E-state index contributed by atoms with van der Waals surface area (Å²) in [6, 6.07) is 15.7. The van der Waals surface area contributed by atoms with Crippen LogP contribution >= 0.6 is 11.6 Å². The van der Waals surface area contributed by atoms with Crippen LogP contribution in [0.25, 0.3) is 0 Å². The molecule has 0 unspecified atom stereocenters. The smallest absolute Gasteiger partial charge is 0.252 e. The van der Waals surface area contributed by atoms with Gasteiger partial charge < -0.3 is 10.2 Å². The molecule has 0 aliphatic carbocycles. The lowest BCUT2D eigenvalue weighted by atomic mass is 10.2. The highest BCUT2D eigenvalue weighted by Crippen LogP contribution is 2.21. The van der Waals surface area contributed by atoms with Crippen molar-refractivity contribution in [2.24, 2.45) is 0 Å². The zero-order chi connectivity index (χ0) is 21.8. The van der Waals surface area contributed by atoms with Gasteiger partial charge in [0.2, 0.25) is 5.91 Å². The molecule has 0 spiro atoms. The lowest BCUT2D eigenvalue weighted by Crippen LogP contribution is -2.49. The number of rotatable bonds is 6. The Bertz CT molecular complexity index is 960. The largest absolute Gasteiger partial charge is 0.369 e. The first-order valence-corrected chi connectivity index (χ1v) is 10.8. The van der Waals surface area contributed by atoms with Gasteiger partial charge in [-0.3, -0.25) is 24.2 Å². The van der Waals surface area contributed by atoms with E-state index < -0.39 is 6.04 Å². The summed E-state index contributed by atoms with van der Waals surface area (Å²) in [6.45, 7) is 4.37. The van der Waals surface area contributed by atoms with E-state index in [9.17, 15) is 14.4 Å². The maximum absolute atomic E-state index is 12.7. The average Bonchev–Trinajstić information content (AvgIpc) is 3.05. The number of hydrogen-bond acceptors (Lipinski definition) is 5. The van der Waals surface area contributed by atoms with Gasteiger partial charge in [-0.1, -0.05) is 35.9 Å². The van der Waals surface area contributed by atoms with Crippen LogP contribution in [-0.4, -0.2) is 72.8 Å². The van der Waals surface area contributed by atoms with E-state index >= 15 is 0 Å². The molecule has 2 aromatic carbocycles. The van der Waals surface area contributed by atoms with Gasteiger partial charge in [0.15, 0.2) is 0 Å². The highest BCUT2D eigenvalue weighted by atomic mass is 35.5. The quantitative estimate of drug-likeness (QED) is 0.696. The average molecular weight is 441 g/mol. The Labute approximate surface area is 186 Å². The molecule has 1 atom stereocenters. The van der Waals surface area contributed by atoms with Crippen molar-refractivity contribution >= 4 is 35.0 Å². The monoisotopic (exact) mass is 440 g/mol. The standard InChI is InChI=1S/C23H25ClN4O3/c24-18-7-4-8-19(15-18)27-12-9-26(10-13-27)11-14-28-21(29)16-20(23(28)31)25-22(30)17-5-2-1-3-6-17/h1-8,15,20H,9-14,16H2,(H,25,30)/t20-/m0/s1. The molecule has 162 valence electrons. The molecule has 0 radical (unpaired) electrons. The van der Waals surface area contributed by atoms with Gasteiger partial charge in [0, 0.05) is 55.5 Å². The molecule has 0 bridgehead atoms. The normalized spacial score (nSPS) is 19.7. The van der Waals surface area contributed by atoms with Crippen molar-refractivity contribution in [1.29, 1.82) is 0 Å². The number of hydrogen-bond donors (Lipinski definition) is 1. The predicted molar refractivity (Wildman–Crippen MR) is 119 cm³/mol. The summed E-state index contributed by atoms with van der Waals surface area (Å²) in [7, 11) is 0. The molecule has 2 heterocycles. The number of nitrogens with one attached hydrogen (secondary N) is 1. The van der Waals surface area contributed by atoms with Crippen LogP contribution < -0.4 is 10.2 Å². The Kier molecular flexibility index (Phi) is 6.53. The number of amides is 3. The molecule has 3 amide bonds. The van der Waals surface area contributed by atoms with Crippen LogP contribution in [0.5, 0.6) is 0 Å². The summed E-state index contributed by atoms with van der Waals surface area (Å²) in [5.74, 6) is -0.904. The highest BCUT2D eigenvalue weighted by Gasteiger charge is 2.39. The van der Waals surface area contributed by atoms with Gasteiger partial charge in [-0.05, 0) is 30.3 Å². The number of nitrogens with zero attached hydrogens (tertiary/aromatic N) is 3. The molecule has 4 rings (SSSR count). The van der Waals surface area contributed by atoms with E-state index in [1.807, 2.05) is 30.3 Å². The molecule has 7 nitrogen and oxygen atoms in total. The van der Waals surface area contributed by atoms with Crippen molar-refractivity contribution in [2.75, 3.05) is 44.2 Å². The van der Waals surface area contributed by atoms with Crippen molar-refractivity contribution in [1.82, 2.24) is 15.1 Å². The minimum atomic E-state index is -0.792. The van der Waals surface area contributed by atoms with Crippen LogP contribution in [0.15, 0.2) is 54.6 Å². The van der Waals surface area contributed by atoms with Gasteiger partial charge in [-0.2, -0.15) is 0 Å². The van der Waals surface area contributed by atoms with Gasteiger partial charge >= 0.3 is 0 Å². The van der Waals surface area contributed by atoms with E-state index in [1.54, 1.807) is 24.3 Å². The third-order valence-electron chi connectivity index (χ3n) is 5.77. The number of anilines is 1. The first kappa shape index (κ1) is 21.3.